The summed E-state index contributed by atoms with van der Waals surface area (Å²) < 4.78 is 5.73. The summed E-state index contributed by atoms with van der Waals surface area (Å²) >= 11 is 2.62. The molecule has 1 aliphatic heterocycles. The van der Waals surface area contributed by atoms with Gasteiger partial charge in [-0.1, -0.05) is 44.0 Å². The number of hydrogen-bond acceptors (Lipinski definition) is 7. The van der Waals surface area contributed by atoms with Crippen molar-refractivity contribution in [2.75, 3.05) is 11.5 Å². The Morgan fingerprint density at radius 2 is 1.97 bits per heavy atom. The zero-order valence-corrected chi connectivity index (χ0v) is 20.0. The number of amidine groups is 1. The minimum atomic E-state index is -0.613. The maximum atomic E-state index is 12.8. The van der Waals surface area contributed by atoms with Crippen LogP contribution in [-0.4, -0.2) is 34.6 Å². The molecule has 1 aromatic heterocycles. The largest absolute Gasteiger partial charge is 0.494 e. The number of benzene rings is 1. The molecule has 7 nitrogen and oxygen atoms in total. The molecule has 0 spiro atoms. The topological polar surface area (TPSA) is 97.3 Å². The second kappa shape index (κ2) is 11.8. The van der Waals surface area contributed by atoms with Gasteiger partial charge in [0.1, 0.15) is 11.0 Å². The molecule has 0 unspecified atom stereocenters. The molecule has 170 valence electrons. The molecule has 1 atom stereocenters. The second-order valence-corrected chi connectivity index (χ2v) is 9.55. The van der Waals surface area contributed by atoms with Crippen molar-refractivity contribution < 1.29 is 14.3 Å². The van der Waals surface area contributed by atoms with Crippen LogP contribution in [0.2, 0.25) is 0 Å². The average molecular weight is 473 g/mol. The van der Waals surface area contributed by atoms with Gasteiger partial charge in [-0.3, -0.25) is 9.59 Å². The average Bonchev–Trinajstić information content (AvgIpc) is 3.41. The molecule has 2 N–H and O–H groups in total. The molecule has 3 rings (SSSR count). The highest BCUT2D eigenvalue weighted by Gasteiger charge is 2.40. The van der Waals surface area contributed by atoms with Crippen LogP contribution in [0.25, 0.3) is 0 Å². The number of nitrogens with two attached hydrogens (primary N) is 1. The number of hydrogen-bond donors (Lipinski definition) is 1. The van der Waals surface area contributed by atoms with Crippen molar-refractivity contribution in [3.63, 3.8) is 0 Å². The van der Waals surface area contributed by atoms with Crippen molar-refractivity contribution in [2.24, 2.45) is 15.9 Å². The third kappa shape index (κ3) is 6.43. The lowest BCUT2D eigenvalue weighted by molar-refractivity contribution is -0.121. The molecule has 2 heterocycles. The highest BCUT2D eigenvalue weighted by Crippen LogP contribution is 2.30. The number of carbonyl (C=O) groups excluding carboxylic acids is 2. The Bertz CT molecular complexity index is 972. The molecular weight excluding hydrogens is 444 g/mol. The fourth-order valence-electron chi connectivity index (χ4n) is 3.21. The number of carbonyl (C=O) groups is 2. The van der Waals surface area contributed by atoms with Gasteiger partial charge >= 0.3 is 0 Å². The van der Waals surface area contributed by atoms with Crippen molar-refractivity contribution in [1.82, 2.24) is 0 Å². The third-order valence-corrected chi connectivity index (χ3v) is 6.86. The first kappa shape index (κ1) is 24.0. The van der Waals surface area contributed by atoms with E-state index in [1.807, 2.05) is 24.4 Å². The number of thioether (sulfide) groups is 1. The first-order chi connectivity index (χ1) is 15.5. The van der Waals surface area contributed by atoms with E-state index in [2.05, 4.69) is 17.1 Å². The zero-order valence-electron chi connectivity index (χ0n) is 18.3. The van der Waals surface area contributed by atoms with Gasteiger partial charge in [-0.05, 0) is 49.1 Å². The first-order valence-electron chi connectivity index (χ1n) is 10.7. The van der Waals surface area contributed by atoms with E-state index in [1.54, 1.807) is 35.6 Å². The van der Waals surface area contributed by atoms with E-state index >= 15 is 0 Å². The van der Waals surface area contributed by atoms with Crippen molar-refractivity contribution in [2.45, 2.75) is 51.2 Å². The van der Waals surface area contributed by atoms with Crippen LogP contribution >= 0.6 is 23.1 Å². The van der Waals surface area contributed by atoms with Gasteiger partial charge in [0.05, 0.1) is 22.9 Å². The van der Waals surface area contributed by atoms with Crippen LogP contribution in [0.4, 0.5) is 5.69 Å². The summed E-state index contributed by atoms with van der Waals surface area (Å²) in [7, 11) is 0. The number of imide groups is 1. The van der Waals surface area contributed by atoms with Crippen LogP contribution in [-0.2, 0) is 9.59 Å². The molecule has 0 bridgehead atoms. The summed E-state index contributed by atoms with van der Waals surface area (Å²) in [6.45, 7) is 4.68. The highest BCUT2D eigenvalue weighted by atomic mass is 32.2. The SMILES string of the molecule is CCCCCCOc1ccc(N2C(=O)C[C@@H](SC(N)=N/N=C(/C)c3cccs3)C2=O)cc1. The zero-order chi connectivity index (χ0) is 22.9. The van der Waals surface area contributed by atoms with Crippen LogP contribution < -0.4 is 15.4 Å². The fraction of sp³-hybridized carbons (Fsp3) is 0.391. The lowest BCUT2D eigenvalue weighted by atomic mass is 10.2. The lowest BCUT2D eigenvalue weighted by Crippen LogP contribution is -2.31. The number of amides is 2. The summed E-state index contributed by atoms with van der Waals surface area (Å²) in [6.07, 6.45) is 4.62. The van der Waals surface area contributed by atoms with E-state index in [0.29, 0.717) is 12.3 Å². The summed E-state index contributed by atoms with van der Waals surface area (Å²) in [4.78, 5) is 27.6. The Labute approximate surface area is 196 Å². The van der Waals surface area contributed by atoms with Crippen LogP contribution in [0.1, 0.15) is 50.8 Å². The molecule has 1 saturated heterocycles. The van der Waals surface area contributed by atoms with E-state index in [9.17, 15) is 9.59 Å². The predicted molar refractivity (Wildman–Crippen MR) is 133 cm³/mol. The van der Waals surface area contributed by atoms with Crippen LogP contribution in [0.15, 0.2) is 52.0 Å². The van der Waals surface area contributed by atoms with Crippen LogP contribution in [0, 0.1) is 0 Å². The van der Waals surface area contributed by atoms with Gasteiger partial charge < -0.3 is 10.5 Å². The number of anilines is 1. The minimum absolute atomic E-state index is 0.0724. The monoisotopic (exact) mass is 472 g/mol. The summed E-state index contributed by atoms with van der Waals surface area (Å²) in [5.41, 5.74) is 7.23. The van der Waals surface area contributed by atoms with Crippen molar-refractivity contribution in [3.05, 3.63) is 46.7 Å². The highest BCUT2D eigenvalue weighted by molar-refractivity contribution is 8.14. The van der Waals surface area contributed by atoms with Crippen molar-refractivity contribution >= 4 is 51.5 Å². The Morgan fingerprint density at radius 3 is 2.66 bits per heavy atom. The molecule has 2 aromatic rings. The molecule has 0 saturated carbocycles. The standard InChI is InChI=1S/C23H28N4O3S2/c1-3-4-5-6-13-30-18-11-9-17(10-12-18)27-21(28)15-20(22(27)29)32-23(24)26-25-16(2)19-8-7-14-31-19/h7-12,14,20H,3-6,13,15H2,1-2H3,(H2,24,26)/b25-16-/t20-/m1/s1. The number of nitrogens with zero attached hydrogens (tertiary/aromatic N) is 3. The van der Waals surface area contributed by atoms with E-state index in [1.165, 1.54) is 17.7 Å². The van der Waals surface area contributed by atoms with Crippen molar-refractivity contribution in [3.8, 4) is 5.75 Å². The van der Waals surface area contributed by atoms with Gasteiger partial charge in [0.2, 0.25) is 11.8 Å². The Kier molecular flexibility index (Phi) is 8.87. The van der Waals surface area contributed by atoms with Gasteiger partial charge in [0.25, 0.3) is 0 Å². The molecule has 0 aliphatic carbocycles. The van der Waals surface area contributed by atoms with Crippen LogP contribution in [0.5, 0.6) is 5.75 Å². The van der Waals surface area contributed by atoms with E-state index in [-0.39, 0.29) is 23.4 Å². The Hall–Kier alpha value is -2.65. The smallest absolute Gasteiger partial charge is 0.247 e. The molecule has 32 heavy (non-hydrogen) atoms. The third-order valence-electron chi connectivity index (χ3n) is 4.91. The van der Waals surface area contributed by atoms with E-state index < -0.39 is 5.25 Å². The Balaban J connectivity index is 1.57. The second-order valence-electron chi connectivity index (χ2n) is 7.38. The number of ether oxygens (including phenoxy) is 1. The molecule has 9 heteroatoms. The van der Waals surface area contributed by atoms with E-state index in [4.69, 9.17) is 10.5 Å². The Morgan fingerprint density at radius 1 is 1.19 bits per heavy atom. The quantitative estimate of drug-likeness (QED) is 0.176. The van der Waals surface area contributed by atoms with Gasteiger partial charge in [-0.2, -0.15) is 5.10 Å². The molecular formula is C23H28N4O3S2. The molecule has 1 fully saturated rings. The number of rotatable bonds is 10. The van der Waals surface area contributed by atoms with Crippen LogP contribution in [0.3, 0.4) is 0 Å². The lowest BCUT2D eigenvalue weighted by Gasteiger charge is -2.15. The van der Waals surface area contributed by atoms with E-state index in [0.717, 1.165) is 40.9 Å². The first-order valence-corrected chi connectivity index (χ1v) is 12.4. The maximum absolute atomic E-state index is 12.8. The summed E-state index contributed by atoms with van der Waals surface area (Å²) in [6, 6.07) is 10.9. The van der Waals surface area contributed by atoms with Gasteiger partial charge in [-0.15, -0.1) is 16.4 Å². The predicted octanol–water partition coefficient (Wildman–Crippen LogP) is 4.81. The van der Waals surface area contributed by atoms with Gasteiger partial charge in [-0.25, -0.2) is 4.90 Å². The molecule has 0 radical (unpaired) electrons. The number of unbranched alkanes of at least 4 members (excludes halogenated alkanes) is 3. The van der Waals surface area contributed by atoms with Crippen molar-refractivity contribution in [1.29, 1.82) is 0 Å². The maximum Gasteiger partial charge on any atom is 0.247 e. The molecule has 2 amide bonds. The summed E-state index contributed by atoms with van der Waals surface area (Å²) in [5.74, 6) is 0.169. The fourth-order valence-corrected chi connectivity index (χ4v) is 4.69. The van der Waals surface area contributed by atoms with Gasteiger partial charge in [0, 0.05) is 6.42 Å². The number of thiophene rings is 1. The minimum Gasteiger partial charge on any atom is -0.494 e. The van der Waals surface area contributed by atoms with Gasteiger partial charge in [0.15, 0.2) is 5.17 Å². The molecule has 1 aromatic carbocycles. The summed E-state index contributed by atoms with van der Waals surface area (Å²) in [5, 5.41) is 9.64. The molecule has 1 aliphatic rings. The normalized spacial score (nSPS) is 17.3.